The molecule has 0 aromatic heterocycles. The van der Waals surface area contributed by atoms with Gasteiger partial charge in [0.2, 0.25) is 11.8 Å². The van der Waals surface area contributed by atoms with Crippen molar-refractivity contribution in [3.05, 3.63) is 100 Å². The Morgan fingerprint density at radius 3 is 2.12 bits per heavy atom. The summed E-state index contributed by atoms with van der Waals surface area (Å²) >= 11 is 3.45. The molecule has 0 aliphatic rings. The summed E-state index contributed by atoms with van der Waals surface area (Å²) in [5.74, 6) is 0.442. The maximum Gasteiger partial charge on any atom is 0.242 e. The van der Waals surface area contributed by atoms with Crippen LogP contribution in [0.5, 0.6) is 5.75 Å². The third kappa shape index (κ3) is 6.44. The second-order valence-corrected chi connectivity index (χ2v) is 8.41. The highest BCUT2D eigenvalue weighted by Gasteiger charge is 2.29. The maximum atomic E-state index is 13.5. The molecule has 6 heteroatoms. The van der Waals surface area contributed by atoms with Crippen LogP contribution < -0.4 is 10.1 Å². The molecule has 0 spiro atoms. The van der Waals surface area contributed by atoms with E-state index in [-0.39, 0.29) is 18.2 Å². The fraction of sp³-hybridized carbons (Fsp3) is 0.231. The van der Waals surface area contributed by atoms with Crippen molar-refractivity contribution in [2.75, 3.05) is 14.2 Å². The molecule has 32 heavy (non-hydrogen) atoms. The van der Waals surface area contributed by atoms with Crippen LogP contribution in [0.25, 0.3) is 0 Å². The Bertz CT molecular complexity index is 1020. The second kappa shape index (κ2) is 11.5. The summed E-state index contributed by atoms with van der Waals surface area (Å²) in [6, 6.07) is 24.4. The molecule has 3 aromatic carbocycles. The SMILES string of the molecule is CNC(=O)[C@H](Cc1ccccc1)N(Cc1ccc(Br)cc1)C(=O)Cc1ccc(OC)cc1. The lowest BCUT2D eigenvalue weighted by atomic mass is 10.0. The van der Waals surface area contributed by atoms with Gasteiger partial charge in [0.1, 0.15) is 11.8 Å². The minimum atomic E-state index is -0.628. The monoisotopic (exact) mass is 494 g/mol. The van der Waals surface area contributed by atoms with E-state index >= 15 is 0 Å². The molecule has 0 aliphatic carbocycles. The van der Waals surface area contributed by atoms with Gasteiger partial charge in [0, 0.05) is 24.5 Å². The number of nitrogens with zero attached hydrogens (tertiary/aromatic N) is 1. The minimum absolute atomic E-state index is 0.109. The van der Waals surface area contributed by atoms with E-state index in [4.69, 9.17) is 4.74 Å². The van der Waals surface area contributed by atoms with E-state index in [1.54, 1.807) is 19.1 Å². The van der Waals surface area contributed by atoms with Crippen molar-refractivity contribution < 1.29 is 14.3 Å². The van der Waals surface area contributed by atoms with Crippen molar-refractivity contribution in [1.82, 2.24) is 10.2 Å². The Kier molecular flexibility index (Phi) is 8.45. The Morgan fingerprint density at radius 1 is 0.906 bits per heavy atom. The number of hydrogen-bond acceptors (Lipinski definition) is 3. The van der Waals surface area contributed by atoms with Crippen LogP contribution in [-0.2, 0) is 29.0 Å². The summed E-state index contributed by atoms with van der Waals surface area (Å²) in [5, 5.41) is 2.74. The first-order valence-corrected chi connectivity index (χ1v) is 11.2. The number of amides is 2. The Balaban J connectivity index is 1.91. The Labute approximate surface area is 197 Å². The van der Waals surface area contributed by atoms with E-state index in [0.29, 0.717) is 13.0 Å². The number of hydrogen-bond donors (Lipinski definition) is 1. The lowest BCUT2D eigenvalue weighted by Gasteiger charge is -2.31. The largest absolute Gasteiger partial charge is 0.497 e. The Morgan fingerprint density at radius 2 is 1.53 bits per heavy atom. The highest BCUT2D eigenvalue weighted by Crippen LogP contribution is 2.19. The predicted octanol–water partition coefficient (Wildman–Crippen LogP) is 4.39. The van der Waals surface area contributed by atoms with Crippen molar-refractivity contribution in [2.45, 2.75) is 25.4 Å². The quantitative estimate of drug-likeness (QED) is 0.479. The first-order valence-electron chi connectivity index (χ1n) is 10.4. The summed E-state index contributed by atoms with van der Waals surface area (Å²) in [4.78, 5) is 28.1. The molecular formula is C26H27BrN2O3. The van der Waals surface area contributed by atoms with E-state index in [9.17, 15) is 9.59 Å². The fourth-order valence-corrected chi connectivity index (χ4v) is 3.79. The Hall–Kier alpha value is -3.12. The number of carbonyl (C=O) groups is 2. The molecule has 0 aliphatic heterocycles. The number of methoxy groups -OCH3 is 1. The minimum Gasteiger partial charge on any atom is -0.497 e. The topological polar surface area (TPSA) is 58.6 Å². The molecule has 3 rings (SSSR count). The molecular weight excluding hydrogens is 468 g/mol. The van der Waals surface area contributed by atoms with Crippen LogP contribution in [0.3, 0.4) is 0 Å². The number of halogens is 1. The van der Waals surface area contributed by atoms with Gasteiger partial charge in [0.25, 0.3) is 0 Å². The lowest BCUT2D eigenvalue weighted by molar-refractivity contribution is -0.140. The highest BCUT2D eigenvalue weighted by atomic mass is 79.9. The van der Waals surface area contributed by atoms with Gasteiger partial charge in [-0.1, -0.05) is 70.5 Å². The first kappa shape index (κ1) is 23.5. The van der Waals surface area contributed by atoms with Crippen molar-refractivity contribution in [2.24, 2.45) is 0 Å². The summed E-state index contributed by atoms with van der Waals surface area (Å²) in [6.07, 6.45) is 0.633. The molecule has 3 aromatic rings. The van der Waals surface area contributed by atoms with Gasteiger partial charge in [-0.15, -0.1) is 0 Å². The van der Waals surface area contributed by atoms with Gasteiger partial charge in [-0.2, -0.15) is 0 Å². The number of carbonyl (C=O) groups excluding carboxylic acids is 2. The van der Waals surface area contributed by atoms with Crippen LogP contribution in [0.15, 0.2) is 83.3 Å². The van der Waals surface area contributed by atoms with Gasteiger partial charge < -0.3 is 15.0 Å². The van der Waals surface area contributed by atoms with Crippen molar-refractivity contribution in [1.29, 1.82) is 0 Å². The van der Waals surface area contributed by atoms with Gasteiger partial charge in [-0.05, 0) is 41.0 Å². The zero-order chi connectivity index (χ0) is 22.9. The molecule has 0 saturated carbocycles. The van der Waals surface area contributed by atoms with Gasteiger partial charge >= 0.3 is 0 Å². The molecule has 166 valence electrons. The second-order valence-electron chi connectivity index (χ2n) is 7.49. The molecule has 1 atom stereocenters. The van der Waals surface area contributed by atoms with E-state index in [0.717, 1.165) is 26.9 Å². The predicted molar refractivity (Wildman–Crippen MR) is 129 cm³/mol. The van der Waals surface area contributed by atoms with E-state index < -0.39 is 6.04 Å². The maximum absolute atomic E-state index is 13.5. The summed E-state index contributed by atoms with van der Waals surface area (Å²) in [7, 11) is 3.21. The van der Waals surface area contributed by atoms with Crippen molar-refractivity contribution in [3.63, 3.8) is 0 Å². The van der Waals surface area contributed by atoms with Crippen LogP contribution in [-0.4, -0.2) is 36.9 Å². The lowest BCUT2D eigenvalue weighted by Crippen LogP contribution is -2.50. The molecule has 0 heterocycles. The fourth-order valence-electron chi connectivity index (χ4n) is 3.53. The molecule has 0 radical (unpaired) electrons. The molecule has 0 bridgehead atoms. The van der Waals surface area contributed by atoms with Gasteiger partial charge in [0.15, 0.2) is 0 Å². The zero-order valence-corrected chi connectivity index (χ0v) is 19.8. The van der Waals surface area contributed by atoms with Crippen LogP contribution in [0.4, 0.5) is 0 Å². The standard InChI is InChI=1S/C26H27BrN2O3/c1-28-26(31)24(16-19-6-4-3-5-7-19)29(18-21-8-12-22(27)13-9-21)25(30)17-20-10-14-23(32-2)15-11-20/h3-15,24H,16-18H2,1-2H3,(H,28,31)/t24-/m0/s1. The molecule has 2 amide bonds. The van der Waals surface area contributed by atoms with Crippen LogP contribution in [0.2, 0.25) is 0 Å². The smallest absolute Gasteiger partial charge is 0.242 e. The normalized spacial score (nSPS) is 11.5. The summed E-state index contributed by atoms with van der Waals surface area (Å²) in [6.45, 7) is 0.340. The first-order chi connectivity index (χ1) is 15.5. The number of likely N-dealkylation sites (N-methyl/N-ethyl adjacent to an activating group) is 1. The number of benzene rings is 3. The average molecular weight is 495 g/mol. The summed E-state index contributed by atoms with van der Waals surface area (Å²) in [5.41, 5.74) is 2.82. The van der Waals surface area contributed by atoms with E-state index in [1.807, 2.05) is 78.9 Å². The van der Waals surface area contributed by atoms with E-state index in [1.165, 1.54) is 0 Å². The number of ether oxygens (including phenoxy) is 1. The number of rotatable bonds is 9. The van der Waals surface area contributed by atoms with E-state index in [2.05, 4.69) is 21.2 Å². The third-order valence-electron chi connectivity index (χ3n) is 5.30. The number of nitrogens with one attached hydrogen (secondary N) is 1. The summed E-state index contributed by atoms with van der Waals surface area (Å²) < 4.78 is 6.17. The highest BCUT2D eigenvalue weighted by molar-refractivity contribution is 9.10. The van der Waals surface area contributed by atoms with Crippen molar-refractivity contribution >= 4 is 27.7 Å². The zero-order valence-electron chi connectivity index (χ0n) is 18.3. The molecule has 0 fully saturated rings. The van der Waals surface area contributed by atoms with Gasteiger partial charge in [0.05, 0.1) is 13.5 Å². The third-order valence-corrected chi connectivity index (χ3v) is 5.83. The average Bonchev–Trinajstić information content (AvgIpc) is 2.83. The molecule has 0 saturated heterocycles. The van der Waals surface area contributed by atoms with Crippen LogP contribution >= 0.6 is 15.9 Å². The molecule has 5 nitrogen and oxygen atoms in total. The van der Waals surface area contributed by atoms with Gasteiger partial charge in [-0.25, -0.2) is 0 Å². The van der Waals surface area contributed by atoms with Gasteiger partial charge in [-0.3, -0.25) is 9.59 Å². The molecule has 0 unspecified atom stereocenters. The molecule has 1 N–H and O–H groups in total. The van der Waals surface area contributed by atoms with Crippen LogP contribution in [0.1, 0.15) is 16.7 Å². The van der Waals surface area contributed by atoms with Crippen LogP contribution in [0, 0.1) is 0 Å². The van der Waals surface area contributed by atoms with Crippen molar-refractivity contribution in [3.8, 4) is 5.75 Å².